The zero-order valence-electron chi connectivity index (χ0n) is 11.2. The van der Waals surface area contributed by atoms with Crippen molar-refractivity contribution in [2.75, 3.05) is 11.9 Å². The molecule has 0 radical (unpaired) electrons. The quantitative estimate of drug-likeness (QED) is 0.681. The lowest BCUT2D eigenvalue weighted by Gasteiger charge is -2.41. The van der Waals surface area contributed by atoms with Crippen LogP contribution in [0.15, 0.2) is 30.3 Å². The van der Waals surface area contributed by atoms with Gasteiger partial charge in [0, 0.05) is 18.3 Å². The summed E-state index contributed by atoms with van der Waals surface area (Å²) < 4.78 is 0. The molecule has 0 heterocycles. The second kappa shape index (κ2) is 5.93. The third kappa shape index (κ3) is 3.01. The van der Waals surface area contributed by atoms with Crippen molar-refractivity contribution in [2.24, 2.45) is 0 Å². The van der Waals surface area contributed by atoms with Crippen LogP contribution < -0.4 is 4.90 Å². The van der Waals surface area contributed by atoms with Crippen LogP contribution in [-0.4, -0.2) is 12.6 Å². The van der Waals surface area contributed by atoms with Crippen LogP contribution in [0.2, 0.25) is 0 Å². The van der Waals surface area contributed by atoms with Crippen molar-refractivity contribution in [3.8, 4) is 0 Å². The number of anilines is 1. The van der Waals surface area contributed by atoms with E-state index >= 15 is 0 Å². The van der Waals surface area contributed by atoms with E-state index in [4.69, 9.17) is 0 Å². The molecule has 1 rings (SSSR count). The van der Waals surface area contributed by atoms with Gasteiger partial charge >= 0.3 is 0 Å². The van der Waals surface area contributed by atoms with Gasteiger partial charge in [0.05, 0.1) is 0 Å². The summed E-state index contributed by atoms with van der Waals surface area (Å²) in [4.78, 5) is 2.44. The predicted octanol–water partition coefficient (Wildman–Crippen LogP) is 4.48. The molecular formula is C15H25N. The van der Waals surface area contributed by atoms with E-state index in [9.17, 15) is 0 Å². The summed E-state index contributed by atoms with van der Waals surface area (Å²) in [6.45, 7) is 6.92. The first-order chi connectivity index (χ1) is 7.64. The first kappa shape index (κ1) is 13.1. The predicted molar refractivity (Wildman–Crippen MR) is 73.1 cm³/mol. The fourth-order valence-corrected chi connectivity index (χ4v) is 2.50. The molecule has 0 aromatic heterocycles. The Morgan fingerprint density at radius 2 is 1.50 bits per heavy atom. The molecule has 0 saturated carbocycles. The smallest absolute Gasteiger partial charge is 0.0370 e. The summed E-state index contributed by atoms with van der Waals surface area (Å²) in [7, 11) is 2.22. The molecule has 16 heavy (non-hydrogen) atoms. The van der Waals surface area contributed by atoms with E-state index < -0.39 is 0 Å². The molecule has 90 valence electrons. The van der Waals surface area contributed by atoms with Crippen molar-refractivity contribution >= 4 is 5.69 Å². The van der Waals surface area contributed by atoms with Gasteiger partial charge in [0.2, 0.25) is 0 Å². The number of hydrogen-bond acceptors (Lipinski definition) is 1. The Hall–Kier alpha value is -0.980. The standard InChI is InChI=1S/C15H25N/c1-5-12-15(3,13-6-2)16(4)14-10-8-7-9-11-14/h7-11H,5-6,12-13H2,1-4H3. The second-order valence-corrected chi connectivity index (χ2v) is 4.89. The molecule has 0 unspecified atom stereocenters. The Morgan fingerprint density at radius 1 is 1.00 bits per heavy atom. The highest BCUT2D eigenvalue weighted by Crippen LogP contribution is 2.30. The number of para-hydroxylation sites is 1. The van der Waals surface area contributed by atoms with Gasteiger partial charge in [-0.2, -0.15) is 0 Å². The topological polar surface area (TPSA) is 3.24 Å². The van der Waals surface area contributed by atoms with Crippen LogP contribution in [0.3, 0.4) is 0 Å². The van der Waals surface area contributed by atoms with Crippen LogP contribution in [0, 0.1) is 0 Å². The minimum atomic E-state index is 0.296. The van der Waals surface area contributed by atoms with Crippen molar-refractivity contribution in [3.05, 3.63) is 30.3 Å². The van der Waals surface area contributed by atoms with Gasteiger partial charge in [-0.15, -0.1) is 0 Å². The molecule has 0 fully saturated rings. The van der Waals surface area contributed by atoms with E-state index in [0.717, 1.165) is 0 Å². The average molecular weight is 219 g/mol. The summed E-state index contributed by atoms with van der Waals surface area (Å²) in [6.07, 6.45) is 5.00. The fraction of sp³-hybridized carbons (Fsp3) is 0.600. The Balaban J connectivity index is 2.86. The van der Waals surface area contributed by atoms with Gasteiger partial charge in [0.25, 0.3) is 0 Å². The van der Waals surface area contributed by atoms with Crippen LogP contribution >= 0.6 is 0 Å². The maximum atomic E-state index is 2.44. The molecule has 0 aliphatic rings. The van der Waals surface area contributed by atoms with Crippen LogP contribution in [0.1, 0.15) is 46.5 Å². The highest BCUT2D eigenvalue weighted by atomic mass is 15.2. The molecule has 0 saturated heterocycles. The van der Waals surface area contributed by atoms with Crippen LogP contribution in [-0.2, 0) is 0 Å². The Bertz CT molecular complexity index is 286. The normalized spacial score (nSPS) is 11.5. The van der Waals surface area contributed by atoms with E-state index in [0.29, 0.717) is 5.54 Å². The molecular weight excluding hydrogens is 194 g/mol. The molecule has 0 amide bonds. The lowest BCUT2D eigenvalue weighted by Crippen LogP contribution is -2.43. The lowest BCUT2D eigenvalue weighted by molar-refractivity contribution is 0.373. The Labute approximate surface area is 100 Å². The van der Waals surface area contributed by atoms with E-state index in [1.165, 1.54) is 31.4 Å². The molecule has 0 aliphatic carbocycles. The van der Waals surface area contributed by atoms with Gasteiger partial charge in [0.1, 0.15) is 0 Å². The largest absolute Gasteiger partial charge is 0.369 e. The van der Waals surface area contributed by atoms with Crippen molar-refractivity contribution in [1.82, 2.24) is 0 Å². The third-order valence-corrected chi connectivity index (χ3v) is 3.53. The van der Waals surface area contributed by atoms with Gasteiger partial charge in [0.15, 0.2) is 0 Å². The summed E-state index contributed by atoms with van der Waals surface area (Å²) in [6, 6.07) is 10.7. The Kier molecular flexibility index (Phi) is 4.85. The van der Waals surface area contributed by atoms with E-state index in [2.05, 4.69) is 63.1 Å². The molecule has 0 N–H and O–H groups in total. The van der Waals surface area contributed by atoms with Gasteiger partial charge in [-0.3, -0.25) is 0 Å². The van der Waals surface area contributed by atoms with Gasteiger partial charge in [-0.05, 0) is 31.9 Å². The first-order valence-corrected chi connectivity index (χ1v) is 6.43. The van der Waals surface area contributed by atoms with Gasteiger partial charge in [-0.25, -0.2) is 0 Å². The van der Waals surface area contributed by atoms with E-state index in [1.54, 1.807) is 0 Å². The molecule has 1 nitrogen and oxygen atoms in total. The molecule has 0 aliphatic heterocycles. The summed E-state index contributed by atoms with van der Waals surface area (Å²) in [5.74, 6) is 0. The maximum absolute atomic E-state index is 2.44. The van der Waals surface area contributed by atoms with Crippen molar-refractivity contribution in [2.45, 2.75) is 52.0 Å². The van der Waals surface area contributed by atoms with Gasteiger partial charge < -0.3 is 4.90 Å². The number of benzene rings is 1. The van der Waals surface area contributed by atoms with Crippen molar-refractivity contribution in [3.63, 3.8) is 0 Å². The molecule has 1 heteroatoms. The highest BCUT2D eigenvalue weighted by molar-refractivity contribution is 5.47. The van der Waals surface area contributed by atoms with Crippen LogP contribution in [0.5, 0.6) is 0 Å². The molecule has 0 spiro atoms. The second-order valence-electron chi connectivity index (χ2n) is 4.89. The van der Waals surface area contributed by atoms with Crippen LogP contribution in [0.25, 0.3) is 0 Å². The SMILES string of the molecule is CCCC(C)(CCC)N(C)c1ccccc1. The summed E-state index contributed by atoms with van der Waals surface area (Å²) in [5, 5.41) is 0. The number of hydrogen-bond donors (Lipinski definition) is 0. The molecule has 0 atom stereocenters. The monoisotopic (exact) mass is 219 g/mol. The van der Waals surface area contributed by atoms with Crippen molar-refractivity contribution < 1.29 is 0 Å². The fourth-order valence-electron chi connectivity index (χ4n) is 2.50. The molecule has 0 bridgehead atoms. The number of nitrogens with zero attached hydrogens (tertiary/aromatic N) is 1. The van der Waals surface area contributed by atoms with E-state index in [1.807, 2.05) is 0 Å². The van der Waals surface area contributed by atoms with E-state index in [-0.39, 0.29) is 0 Å². The minimum absolute atomic E-state index is 0.296. The maximum Gasteiger partial charge on any atom is 0.0370 e. The van der Waals surface area contributed by atoms with Gasteiger partial charge in [-0.1, -0.05) is 44.9 Å². The highest BCUT2D eigenvalue weighted by Gasteiger charge is 2.27. The number of rotatable bonds is 6. The van der Waals surface area contributed by atoms with Crippen molar-refractivity contribution in [1.29, 1.82) is 0 Å². The zero-order chi connectivity index (χ0) is 12.0. The third-order valence-electron chi connectivity index (χ3n) is 3.53. The zero-order valence-corrected chi connectivity index (χ0v) is 11.2. The summed E-state index contributed by atoms with van der Waals surface area (Å²) >= 11 is 0. The minimum Gasteiger partial charge on any atom is -0.369 e. The molecule has 1 aromatic rings. The molecule has 1 aromatic carbocycles. The Morgan fingerprint density at radius 3 is 1.94 bits per heavy atom. The first-order valence-electron chi connectivity index (χ1n) is 6.43. The average Bonchev–Trinajstić information content (AvgIpc) is 2.30. The summed E-state index contributed by atoms with van der Waals surface area (Å²) in [5.41, 5.74) is 1.62. The lowest BCUT2D eigenvalue weighted by atomic mass is 9.89. The van der Waals surface area contributed by atoms with Crippen LogP contribution in [0.4, 0.5) is 5.69 Å².